The van der Waals surface area contributed by atoms with Crippen molar-refractivity contribution < 1.29 is 23.8 Å². The number of carbonyl (C=O) groups excluding carboxylic acids is 2. The monoisotopic (exact) mass is 395 g/mol. The molecule has 0 spiro atoms. The Balaban J connectivity index is 2.01. The SMILES string of the molecule is CCSC[C@H]1OC(n2cnc3c(N)ncnc32)[C@H](OC(C)=O)[C@@H]1OC(C)=O. The molecule has 0 bridgehead atoms. The molecule has 27 heavy (non-hydrogen) atoms. The van der Waals surface area contributed by atoms with E-state index in [9.17, 15) is 9.59 Å². The van der Waals surface area contributed by atoms with Crippen LogP contribution in [-0.4, -0.2) is 61.3 Å². The molecule has 10 nitrogen and oxygen atoms in total. The topological polar surface area (TPSA) is 131 Å². The molecule has 2 aromatic rings. The first kappa shape index (κ1) is 19.4. The first-order valence-electron chi connectivity index (χ1n) is 8.43. The van der Waals surface area contributed by atoms with Crippen LogP contribution in [0.5, 0.6) is 0 Å². The van der Waals surface area contributed by atoms with Gasteiger partial charge in [0.2, 0.25) is 0 Å². The lowest BCUT2D eigenvalue weighted by Gasteiger charge is -2.23. The van der Waals surface area contributed by atoms with Crippen molar-refractivity contribution in [1.82, 2.24) is 19.5 Å². The summed E-state index contributed by atoms with van der Waals surface area (Å²) in [5.74, 6) is 0.693. The van der Waals surface area contributed by atoms with Gasteiger partial charge < -0.3 is 19.9 Å². The van der Waals surface area contributed by atoms with Gasteiger partial charge in [-0.05, 0) is 5.75 Å². The third-order valence-electron chi connectivity index (χ3n) is 4.04. The fraction of sp³-hybridized carbons (Fsp3) is 0.562. The molecule has 4 atom stereocenters. The van der Waals surface area contributed by atoms with E-state index >= 15 is 0 Å². The molecule has 1 aliphatic rings. The molecule has 0 saturated carbocycles. The Morgan fingerprint density at radius 1 is 1.22 bits per heavy atom. The molecule has 1 saturated heterocycles. The van der Waals surface area contributed by atoms with Crippen molar-refractivity contribution in [3.8, 4) is 0 Å². The zero-order valence-corrected chi connectivity index (χ0v) is 16.0. The fourth-order valence-electron chi connectivity index (χ4n) is 3.01. The number of nitrogen functional groups attached to an aromatic ring is 1. The van der Waals surface area contributed by atoms with E-state index in [4.69, 9.17) is 19.9 Å². The van der Waals surface area contributed by atoms with Crippen LogP contribution in [0.25, 0.3) is 11.2 Å². The van der Waals surface area contributed by atoms with Gasteiger partial charge in [-0.1, -0.05) is 6.92 Å². The first-order chi connectivity index (χ1) is 12.9. The molecule has 0 amide bonds. The average Bonchev–Trinajstić information content (AvgIpc) is 3.16. The average molecular weight is 395 g/mol. The van der Waals surface area contributed by atoms with Crippen LogP contribution >= 0.6 is 11.8 Å². The normalized spacial score (nSPS) is 24.9. The maximum Gasteiger partial charge on any atom is 0.303 e. The van der Waals surface area contributed by atoms with Crippen molar-refractivity contribution in [2.45, 2.75) is 45.3 Å². The van der Waals surface area contributed by atoms with Crippen molar-refractivity contribution in [1.29, 1.82) is 0 Å². The van der Waals surface area contributed by atoms with Crippen LogP contribution in [0.2, 0.25) is 0 Å². The molecule has 0 radical (unpaired) electrons. The quantitative estimate of drug-likeness (QED) is 0.704. The van der Waals surface area contributed by atoms with Gasteiger partial charge in [-0.2, -0.15) is 11.8 Å². The predicted molar refractivity (Wildman–Crippen MR) is 97.8 cm³/mol. The van der Waals surface area contributed by atoms with E-state index in [0.29, 0.717) is 16.9 Å². The van der Waals surface area contributed by atoms with Gasteiger partial charge in [0.15, 0.2) is 29.9 Å². The zero-order valence-electron chi connectivity index (χ0n) is 15.2. The lowest BCUT2D eigenvalue weighted by molar-refractivity contribution is -0.165. The summed E-state index contributed by atoms with van der Waals surface area (Å²) < 4.78 is 18.7. The van der Waals surface area contributed by atoms with E-state index in [1.165, 1.54) is 26.5 Å². The van der Waals surface area contributed by atoms with Gasteiger partial charge in [-0.3, -0.25) is 14.2 Å². The van der Waals surface area contributed by atoms with Crippen LogP contribution in [0.15, 0.2) is 12.7 Å². The molecule has 1 fully saturated rings. The Morgan fingerprint density at radius 3 is 2.59 bits per heavy atom. The molecule has 2 aromatic heterocycles. The molecular formula is C16H21N5O5S. The highest BCUT2D eigenvalue weighted by molar-refractivity contribution is 7.99. The minimum absolute atomic E-state index is 0.232. The largest absolute Gasteiger partial charge is 0.456 e. The summed E-state index contributed by atoms with van der Waals surface area (Å²) in [6, 6.07) is 0. The van der Waals surface area contributed by atoms with Crippen LogP contribution in [0.4, 0.5) is 5.82 Å². The number of ether oxygens (including phenoxy) is 3. The fourth-order valence-corrected chi connectivity index (χ4v) is 3.74. The van der Waals surface area contributed by atoms with Crippen LogP contribution < -0.4 is 5.73 Å². The summed E-state index contributed by atoms with van der Waals surface area (Å²) >= 11 is 1.64. The van der Waals surface area contributed by atoms with Gasteiger partial charge >= 0.3 is 11.9 Å². The van der Waals surface area contributed by atoms with Gasteiger partial charge in [0.1, 0.15) is 17.9 Å². The highest BCUT2D eigenvalue weighted by atomic mass is 32.2. The molecule has 0 aliphatic carbocycles. The van der Waals surface area contributed by atoms with Gasteiger partial charge in [0, 0.05) is 19.6 Å². The maximum absolute atomic E-state index is 11.7. The molecule has 3 heterocycles. The standard InChI is InChI=1S/C16H21N5O5S/c1-4-27-5-10-12(24-8(2)22)13(25-9(3)23)16(26-10)21-7-20-11-14(17)18-6-19-15(11)21/h6-7,10,12-13,16H,4-5H2,1-3H3,(H2,17,18,19)/t10-,12-,13-,16?/m1/s1. The Kier molecular flexibility index (Phi) is 5.80. The van der Waals surface area contributed by atoms with Crippen molar-refractivity contribution >= 4 is 40.7 Å². The lowest BCUT2D eigenvalue weighted by atomic mass is 10.1. The summed E-state index contributed by atoms with van der Waals surface area (Å²) in [6.45, 7) is 4.62. The summed E-state index contributed by atoms with van der Waals surface area (Å²) in [5, 5.41) is 0. The summed E-state index contributed by atoms with van der Waals surface area (Å²) in [4.78, 5) is 35.7. The highest BCUT2D eigenvalue weighted by Gasteiger charge is 2.50. The van der Waals surface area contributed by atoms with Crippen LogP contribution in [-0.2, 0) is 23.8 Å². The molecule has 2 N–H and O–H groups in total. The molecule has 0 aromatic carbocycles. The van der Waals surface area contributed by atoms with E-state index < -0.39 is 36.5 Å². The molecule has 3 rings (SSSR count). The van der Waals surface area contributed by atoms with E-state index in [0.717, 1.165) is 5.75 Å². The van der Waals surface area contributed by atoms with Gasteiger partial charge in [-0.25, -0.2) is 15.0 Å². The van der Waals surface area contributed by atoms with E-state index in [1.54, 1.807) is 16.3 Å². The van der Waals surface area contributed by atoms with Crippen LogP contribution in [0, 0.1) is 0 Å². The lowest BCUT2D eigenvalue weighted by Crippen LogP contribution is -2.39. The second-order valence-electron chi connectivity index (χ2n) is 5.96. The third kappa shape index (κ3) is 3.98. The Hall–Kier alpha value is -2.40. The smallest absolute Gasteiger partial charge is 0.303 e. The second kappa shape index (κ2) is 8.09. The summed E-state index contributed by atoms with van der Waals surface area (Å²) in [7, 11) is 0. The van der Waals surface area contributed by atoms with Crippen molar-refractivity contribution in [3.05, 3.63) is 12.7 Å². The number of nitrogens with two attached hydrogens (primary N) is 1. The van der Waals surface area contributed by atoms with Crippen molar-refractivity contribution in [2.24, 2.45) is 0 Å². The van der Waals surface area contributed by atoms with E-state index in [2.05, 4.69) is 15.0 Å². The van der Waals surface area contributed by atoms with Crippen molar-refractivity contribution in [2.75, 3.05) is 17.2 Å². The van der Waals surface area contributed by atoms with Crippen LogP contribution in [0.1, 0.15) is 27.0 Å². The number of imidazole rings is 1. The number of thioether (sulfide) groups is 1. The number of hydrogen-bond acceptors (Lipinski definition) is 10. The van der Waals surface area contributed by atoms with E-state index in [1.807, 2.05) is 6.92 Å². The minimum Gasteiger partial charge on any atom is -0.456 e. The molecule has 11 heteroatoms. The second-order valence-corrected chi connectivity index (χ2v) is 7.27. The predicted octanol–water partition coefficient (Wildman–Crippen LogP) is 0.922. The number of hydrogen-bond donors (Lipinski definition) is 1. The maximum atomic E-state index is 11.7. The van der Waals surface area contributed by atoms with Gasteiger partial charge in [0.05, 0.1) is 6.33 Å². The van der Waals surface area contributed by atoms with Crippen molar-refractivity contribution in [3.63, 3.8) is 0 Å². The minimum atomic E-state index is -0.845. The molecule has 1 aliphatic heterocycles. The Morgan fingerprint density at radius 2 is 1.93 bits per heavy atom. The van der Waals surface area contributed by atoms with Gasteiger partial charge in [0.25, 0.3) is 0 Å². The number of carbonyl (C=O) groups is 2. The number of fused-ring (bicyclic) bond motifs is 1. The van der Waals surface area contributed by atoms with E-state index in [-0.39, 0.29) is 5.82 Å². The number of anilines is 1. The molecule has 1 unspecified atom stereocenters. The summed E-state index contributed by atoms with van der Waals surface area (Å²) in [5.41, 5.74) is 6.70. The number of nitrogens with zero attached hydrogens (tertiary/aromatic N) is 4. The number of aromatic nitrogens is 4. The zero-order chi connectivity index (χ0) is 19.6. The summed E-state index contributed by atoms with van der Waals surface area (Å²) in [6.07, 6.45) is 0.00998. The first-order valence-corrected chi connectivity index (χ1v) is 9.58. The molecular weight excluding hydrogens is 374 g/mol. The number of esters is 2. The van der Waals surface area contributed by atoms with Gasteiger partial charge in [-0.15, -0.1) is 0 Å². The number of rotatable bonds is 6. The Bertz CT molecular complexity index is 844. The Labute approximate surface area is 159 Å². The highest BCUT2D eigenvalue weighted by Crippen LogP contribution is 2.37. The third-order valence-corrected chi connectivity index (χ3v) is 5.01. The molecule has 146 valence electrons. The van der Waals surface area contributed by atoms with Crippen LogP contribution in [0.3, 0.4) is 0 Å².